The molecular weight excluding hydrogens is 289 g/mol. The number of hydrogen-bond donors (Lipinski definition) is 0. The van der Waals surface area contributed by atoms with Crippen molar-refractivity contribution in [3.8, 4) is 6.07 Å². The molecule has 0 fully saturated rings. The van der Waals surface area contributed by atoms with Gasteiger partial charge in [-0.15, -0.1) is 11.6 Å². The van der Waals surface area contributed by atoms with Gasteiger partial charge in [-0.3, -0.25) is 0 Å². The molecule has 1 aromatic heterocycles. The lowest BCUT2D eigenvalue weighted by Gasteiger charge is -2.11. The molecule has 15 heavy (non-hydrogen) atoms. The fourth-order valence-corrected chi connectivity index (χ4v) is 2.10. The largest absolute Gasteiger partial charge is 0.264 e. The van der Waals surface area contributed by atoms with E-state index in [9.17, 15) is 8.78 Å². The molecule has 6 heteroatoms. The number of aromatic nitrogens is 1. The maximum absolute atomic E-state index is 12.8. The summed E-state index contributed by atoms with van der Waals surface area (Å²) in [5, 5.41) is 8.49. The summed E-state index contributed by atoms with van der Waals surface area (Å²) in [5.41, 5.74) is 0.291. The number of halogens is 4. The van der Waals surface area contributed by atoms with E-state index in [-0.39, 0.29) is 29.0 Å². The summed E-state index contributed by atoms with van der Waals surface area (Å²) >= 11 is 8.62. The summed E-state index contributed by atoms with van der Waals surface area (Å²) in [7, 11) is 0. The number of hydrogen-bond acceptors (Lipinski definition) is 2. The number of nitriles is 1. The molecule has 0 N–H and O–H groups in total. The van der Waals surface area contributed by atoms with Crippen LogP contribution in [-0.4, -0.2) is 4.98 Å². The van der Waals surface area contributed by atoms with E-state index in [4.69, 9.17) is 16.9 Å². The smallest absolute Gasteiger partial charge is 0.249 e. The van der Waals surface area contributed by atoms with Gasteiger partial charge in [0.05, 0.1) is 18.4 Å². The summed E-state index contributed by atoms with van der Waals surface area (Å²) in [4.78, 5) is 3.86. The van der Waals surface area contributed by atoms with Gasteiger partial charge in [0.15, 0.2) is 0 Å². The highest BCUT2D eigenvalue weighted by Gasteiger charge is 2.20. The second-order valence-corrected chi connectivity index (χ2v) is 3.75. The van der Waals surface area contributed by atoms with E-state index < -0.39 is 6.43 Å². The molecule has 0 saturated carbocycles. The zero-order valence-corrected chi connectivity index (χ0v) is 9.82. The molecule has 0 bridgehead atoms. The van der Waals surface area contributed by atoms with Crippen molar-refractivity contribution < 1.29 is 8.78 Å². The van der Waals surface area contributed by atoms with Crippen LogP contribution < -0.4 is 0 Å². The van der Waals surface area contributed by atoms with Gasteiger partial charge in [0, 0.05) is 17.3 Å². The Kier molecular flexibility index (Phi) is 4.43. The van der Waals surface area contributed by atoms with Crippen molar-refractivity contribution in [2.75, 3.05) is 0 Å². The van der Waals surface area contributed by atoms with Gasteiger partial charge in [-0.1, -0.05) is 0 Å². The molecule has 1 rings (SSSR count). The highest BCUT2D eigenvalue weighted by atomic mass is 79.9. The fraction of sp³-hybridized carbons (Fsp3) is 0.333. The Hall–Kier alpha value is -0.730. The van der Waals surface area contributed by atoms with Crippen LogP contribution >= 0.6 is 27.5 Å². The van der Waals surface area contributed by atoms with Gasteiger partial charge in [-0.05, 0) is 21.5 Å². The van der Waals surface area contributed by atoms with Crippen molar-refractivity contribution in [2.45, 2.75) is 18.7 Å². The van der Waals surface area contributed by atoms with E-state index in [0.717, 1.165) is 0 Å². The molecule has 2 nitrogen and oxygen atoms in total. The van der Waals surface area contributed by atoms with Crippen molar-refractivity contribution in [1.82, 2.24) is 4.98 Å². The van der Waals surface area contributed by atoms with Crippen molar-refractivity contribution in [3.63, 3.8) is 0 Å². The Morgan fingerprint density at radius 1 is 1.60 bits per heavy atom. The normalized spacial score (nSPS) is 10.4. The minimum atomic E-state index is -2.65. The van der Waals surface area contributed by atoms with Gasteiger partial charge >= 0.3 is 0 Å². The van der Waals surface area contributed by atoms with Gasteiger partial charge in [0.2, 0.25) is 0 Å². The number of rotatable bonds is 3. The third kappa shape index (κ3) is 2.64. The second-order valence-electron chi connectivity index (χ2n) is 2.74. The summed E-state index contributed by atoms with van der Waals surface area (Å²) < 4.78 is 25.8. The summed E-state index contributed by atoms with van der Waals surface area (Å²) in [6, 6.07) is 1.82. The second kappa shape index (κ2) is 5.38. The van der Waals surface area contributed by atoms with Gasteiger partial charge in [0.1, 0.15) is 4.60 Å². The van der Waals surface area contributed by atoms with Crippen molar-refractivity contribution >= 4 is 27.5 Å². The molecule has 1 heterocycles. The first-order valence-electron chi connectivity index (χ1n) is 3.99. The molecule has 80 valence electrons. The van der Waals surface area contributed by atoms with Crippen LogP contribution in [0.2, 0.25) is 0 Å². The maximum atomic E-state index is 12.8. The third-order valence-corrected chi connectivity index (χ3v) is 2.83. The van der Waals surface area contributed by atoms with Crippen LogP contribution in [0.1, 0.15) is 23.1 Å². The van der Waals surface area contributed by atoms with Gasteiger partial charge in [-0.2, -0.15) is 5.26 Å². The van der Waals surface area contributed by atoms with Crippen LogP contribution in [0.15, 0.2) is 10.8 Å². The Labute approximate surface area is 99.0 Å². The molecule has 0 atom stereocenters. The van der Waals surface area contributed by atoms with Crippen molar-refractivity contribution in [3.05, 3.63) is 27.5 Å². The van der Waals surface area contributed by atoms with Crippen molar-refractivity contribution in [1.29, 1.82) is 5.26 Å². The van der Waals surface area contributed by atoms with E-state index in [1.165, 1.54) is 6.20 Å². The van der Waals surface area contributed by atoms with Crippen LogP contribution in [0.25, 0.3) is 0 Å². The van der Waals surface area contributed by atoms with Gasteiger partial charge < -0.3 is 0 Å². The van der Waals surface area contributed by atoms with Crippen LogP contribution in [0.3, 0.4) is 0 Å². The summed E-state index contributed by atoms with van der Waals surface area (Å²) in [5.74, 6) is -0.0630. The first kappa shape index (κ1) is 12.3. The first-order chi connectivity index (χ1) is 7.11. The highest BCUT2D eigenvalue weighted by molar-refractivity contribution is 9.10. The SMILES string of the molecule is N#CCc1cnc(Br)c(CCl)c1C(F)F. The molecule has 0 aliphatic carbocycles. The third-order valence-electron chi connectivity index (χ3n) is 1.88. The molecule has 0 unspecified atom stereocenters. The lowest BCUT2D eigenvalue weighted by Crippen LogP contribution is -2.02. The van der Waals surface area contributed by atoms with E-state index in [2.05, 4.69) is 20.9 Å². The average molecular weight is 296 g/mol. The Morgan fingerprint density at radius 2 is 2.27 bits per heavy atom. The number of pyridine rings is 1. The molecule has 0 aliphatic heterocycles. The first-order valence-corrected chi connectivity index (χ1v) is 5.31. The van der Waals surface area contributed by atoms with Crippen molar-refractivity contribution in [2.24, 2.45) is 0 Å². The molecule has 0 spiro atoms. The summed E-state index contributed by atoms with van der Waals surface area (Å²) in [6.45, 7) is 0. The maximum Gasteiger partial charge on any atom is 0.264 e. The highest BCUT2D eigenvalue weighted by Crippen LogP contribution is 2.31. The van der Waals surface area contributed by atoms with Crippen LogP contribution in [-0.2, 0) is 12.3 Å². The van der Waals surface area contributed by atoms with Crippen LogP contribution in [0.4, 0.5) is 8.78 Å². The molecular formula is C9H6BrClF2N2. The van der Waals surface area contributed by atoms with E-state index in [0.29, 0.717) is 4.60 Å². The van der Waals surface area contributed by atoms with E-state index in [1.807, 2.05) is 6.07 Å². The topological polar surface area (TPSA) is 36.7 Å². The predicted octanol–water partition coefficient (Wildman–Crippen LogP) is 3.59. The monoisotopic (exact) mass is 294 g/mol. The minimum Gasteiger partial charge on any atom is -0.249 e. The molecule has 0 aliphatic rings. The predicted molar refractivity (Wildman–Crippen MR) is 55.8 cm³/mol. The van der Waals surface area contributed by atoms with E-state index >= 15 is 0 Å². The molecule has 0 radical (unpaired) electrons. The molecule has 1 aromatic rings. The standard InChI is InChI=1S/C9H6BrClF2N2/c10-8-6(3-11)7(9(12)13)5(1-2-14)4-15-8/h4,9H,1,3H2. The van der Waals surface area contributed by atoms with E-state index in [1.54, 1.807) is 0 Å². The average Bonchev–Trinajstić information content (AvgIpc) is 2.20. The minimum absolute atomic E-state index is 0.0630. The Morgan fingerprint density at radius 3 is 2.73 bits per heavy atom. The van der Waals surface area contributed by atoms with Crippen LogP contribution in [0, 0.1) is 11.3 Å². The van der Waals surface area contributed by atoms with Gasteiger partial charge in [0.25, 0.3) is 6.43 Å². The number of alkyl halides is 3. The van der Waals surface area contributed by atoms with Gasteiger partial charge in [-0.25, -0.2) is 13.8 Å². The zero-order chi connectivity index (χ0) is 11.4. The Bertz CT molecular complexity index is 404. The van der Waals surface area contributed by atoms with Crippen LogP contribution in [0.5, 0.6) is 0 Å². The molecule has 0 saturated heterocycles. The zero-order valence-electron chi connectivity index (χ0n) is 7.48. The summed E-state index contributed by atoms with van der Waals surface area (Å²) in [6.07, 6.45) is -1.48. The lowest BCUT2D eigenvalue weighted by atomic mass is 10.0. The number of nitrogens with zero attached hydrogens (tertiary/aromatic N) is 2. The molecule has 0 amide bonds. The molecule has 0 aromatic carbocycles. The quantitative estimate of drug-likeness (QED) is 0.631. The fourth-order valence-electron chi connectivity index (χ4n) is 1.21. The lowest BCUT2D eigenvalue weighted by molar-refractivity contribution is 0.149. The Balaban J connectivity index is 3.36.